The second kappa shape index (κ2) is 4.94. The number of anilines is 1. The summed E-state index contributed by atoms with van der Waals surface area (Å²) in [6.45, 7) is 1.67. The Morgan fingerprint density at radius 3 is 3.00 bits per heavy atom. The highest BCUT2D eigenvalue weighted by Gasteiger charge is 2.49. The number of rotatable bonds is 3. The van der Waals surface area contributed by atoms with Crippen molar-refractivity contribution in [2.75, 3.05) is 18.4 Å². The highest BCUT2D eigenvalue weighted by Crippen LogP contribution is 2.44. The first-order chi connectivity index (χ1) is 9.62. The molecule has 1 saturated carbocycles. The number of primary amides is 1. The molecule has 0 unspecified atom stereocenters. The minimum absolute atomic E-state index is 0.0576. The summed E-state index contributed by atoms with van der Waals surface area (Å²) in [5, 5.41) is 6.28. The first kappa shape index (κ1) is 13.2. The van der Waals surface area contributed by atoms with Gasteiger partial charge in [0.05, 0.1) is 11.1 Å². The molecule has 0 spiro atoms. The summed E-state index contributed by atoms with van der Waals surface area (Å²) >= 11 is 0. The maximum absolute atomic E-state index is 12.7. The maximum Gasteiger partial charge on any atom is 0.265 e. The van der Waals surface area contributed by atoms with Crippen LogP contribution in [-0.4, -0.2) is 29.9 Å². The monoisotopic (exact) mass is 276 g/mol. The first-order valence-electron chi connectivity index (χ1n) is 7.12. The van der Waals surface area contributed by atoms with Crippen LogP contribution in [-0.2, 0) is 4.79 Å². The fourth-order valence-corrected chi connectivity index (χ4v) is 3.55. The molecule has 0 radical (unpaired) electrons. The third-order valence-corrected chi connectivity index (χ3v) is 4.70. The largest absolute Gasteiger partial charge is 0.364 e. The van der Waals surface area contributed by atoms with Crippen LogP contribution in [0.15, 0.2) is 12.3 Å². The van der Waals surface area contributed by atoms with Crippen LogP contribution in [0.5, 0.6) is 0 Å². The van der Waals surface area contributed by atoms with E-state index >= 15 is 0 Å². The lowest BCUT2D eigenvalue weighted by Gasteiger charge is -2.36. The Labute approximate surface area is 117 Å². The Kier molecular flexibility index (Phi) is 3.25. The zero-order valence-corrected chi connectivity index (χ0v) is 11.4. The Hall–Kier alpha value is -1.82. The lowest BCUT2D eigenvalue weighted by molar-refractivity contribution is -0.128. The van der Waals surface area contributed by atoms with Crippen LogP contribution in [0.4, 0.5) is 5.69 Å². The van der Waals surface area contributed by atoms with Gasteiger partial charge in [-0.15, -0.1) is 0 Å². The van der Waals surface area contributed by atoms with E-state index in [2.05, 4.69) is 15.6 Å². The van der Waals surface area contributed by atoms with Gasteiger partial charge in [-0.1, -0.05) is 12.8 Å². The zero-order valence-electron chi connectivity index (χ0n) is 11.4. The van der Waals surface area contributed by atoms with E-state index in [1.807, 2.05) is 0 Å². The zero-order chi connectivity index (χ0) is 14.2. The summed E-state index contributed by atoms with van der Waals surface area (Å²) in [5.74, 6) is -0.0465. The molecule has 5 N–H and O–H groups in total. The molecule has 6 heteroatoms. The van der Waals surface area contributed by atoms with Crippen molar-refractivity contribution in [3.63, 3.8) is 0 Å². The fraction of sp³-hybridized carbons (Fsp3) is 0.571. The van der Waals surface area contributed by atoms with Crippen LogP contribution in [0.1, 0.15) is 36.2 Å². The van der Waals surface area contributed by atoms with E-state index in [1.54, 1.807) is 12.3 Å². The second-order valence-corrected chi connectivity index (χ2v) is 5.85. The Balaban J connectivity index is 1.76. The SMILES string of the molecule is NC(=O)c1cc(NC(=O)[C@@]23CCCC[C@H]2CNC3)c[nH]1. The maximum atomic E-state index is 12.7. The third kappa shape index (κ3) is 2.10. The number of aromatic amines is 1. The molecule has 2 amide bonds. The van der Waals surface area contributed by atoms with E-state index in [9.17, 15) is 9.59 Å². The number of carbonyl (C=O) groups is 2. The lowest BCUT2D eigenvalue weighted by atomic mass is 9.67. The molecule has 2 heterocycles. The second-order valence-electron chi connectivity index (χ2n) is 5.85. The molecule has 0 bridgehead atoms. The van der Waals surface area contributed by atoms with Crippen molar-refractivity contribution in [1.29, 1.82) is 0 Å². The number of aromatic nitrogens is 1. The van der Waals surface area contributed by atoms with Gasteiger partial charge >= 0.3 is 0 Å². The average molecular weight is 276 g/mol. The predicted molar refractivity (Wildman–Crippen MR) is 75.2 cm³/mol. The van der Waals surface area contributed by atoms with Crippen LogP contribution in [0.25, 0.3) is 0 Å². The molecule has 1 aromatic heterocycles. The van der Waals surface area contributed by atoms with Gasteiger partial charge in [-0.05, 0) is 31.4 Å². The fourth-order valence-electron chi connectivity index (χ4n) is 3.55. The predicted octanol–water partition coefficient (Wildman–Crippen LogP) is 0.832. The number of hydrogen-bond acceptors (Lipinski definition) is 3. The minimum Gasteiger partial charge on any atom is -0.364 e. The van der Waals surface area contributed by atoms with Gasteiger partial charge < -0.3 is 21.4 Å². The summed E-state index contributed by atoms with van der Waals surface area (Å²) in [6.07, 6.45) is 5.96. The molecule has 20 heavy (non-hydrogen) atoms. The molecule has 6 nitrogen and oxygen atoms in total. The molecule has 2 fully saturated rings. The molecule has 1 saturated heterocycles. The van der Waals surface area contributed by atoms with Gasteiger partial charge in [-0.2, -0.15) is 0 Å². The Bertz CT molecular complexity index is 539. The van der Waals surface area contributed by atoms with Gasteiger partial charge in [-0.25, -0.2) is 0 Å². The van der Waals surface area contributed by atoms with Crippen molar-refractivity contribution in [3.05, 3.63) is 18.0 Å². The number of amides is 2. The first-order valence-corrected chi connectivity index (χ1v) is 7.12. The molecule has 108 valence electrons. The summed E-state index contributed by atoms with van der Waals surface area (Å²) in [5.41, 5.74) is 5.82. The Morgan fingerprint density at radius 1 is 1.40 bits per heavy atom. The van der Waals surface area contributed by atoms with Gasteiger partial charge in [0.25, 0.3) is 5.91 Å². The number of hydrogen-bond donors (Lipinski definition) is 4. The number of H-pyrrole nitrogens is 1. The van der Waals surface area contributed by atoms with E-state index in [1.165, 1.54) is 6.42 Å². The van der Waals surface area contributed by atoms with Gasteiger partial charge in [0, 0.05) is 12.7 Å². The standard InChI is InChI=1S/C14H20N4O2/c15-12(19)11-5-10(7-17-11)18-13(20)14-4-2-1-3-9(14)6-16-8-14/h5,7,9,16-17H,1-4,6,8H2,(H2,15,19)(H,18,20)/t9-,14+/m0/s1. The quantitative estimate of drug-likeness (QED) is 0.658. The molecule has 3 rings (SSSR count). The molecule has 1 aliphatic carbocycles. The highest BCUT2D eigenvalue weighted by molar-refractivity contribution is 5.98. The molecule has 2 aliphatic rings. The van der Waals surface area contributed by atoms with Gasteiger partial charge in [-0.3, -0.25) is 9.59 Å². The van der Waals surface area contributed by atoms with Crippen molar-refractivity contribution in [1.82, 2.24) is 10.3 Å². The number of nitrogens with two attached hydrogens (primary N) is 1. The third-order valence-electron chi connectivity index (χ3n) is 4.70. The van der Waals surface area contributed by atoms with Gasteiger partial charge in [0.2, 0.25) is 5.91 Å². The topological polar surface area (TPSA) is 100 Å². The Morgan fingerprint density at radius 2 is 2.25 bits per heavy atom. The molecule has 2 atom stereocenters. The summed E-state index contributed by atoms with van der Waals surface area (Å²) < 4.78 is 0. The van der Waals surface area contributed by atoms with Crippen LogP contribution in [0, 0.1) is 11.3 Å². The number of carbonyl (C=O) groups excluding carboxylic acids is 2. The van der Waals surface area contributed by atoms with E-state index in [0.29, 0.717) is 17.3 Å². The van der Waals surface area contributed by atoms with Crippen molar-refractivity contribution in [2.45, 2.75) is 25.7 Å². The lowest BCUT2D eigenvalue weighted by Crippen LogP contribution is -2.44. The van der Waals surface area contributed by atoms with Crippen LogP contribution in [0.3, 0.4) is 0 Å². The number of fused-ring (bicyclic) bond motifs is 1. The normalized spacial score (nSPS) is 28.9. The summed E-state index contributed by atoms with van der Waals surface area (Å²) in [7, 11) is 0. The van der Waals surface area contributed by atoms with Crippen LogP contribution < -0.4 is 16.4 Å². The number of nitrogens with one attached hydrogen (secondary N) is 3. The summed E-state index contributed by atoms with van der Waals surface area (Å²) in [6, 6.07) is 1.58. The van der Waals surface area contributed by atoms with Gasteiger partial charge in [0.15, 0.2) is 0 Å². The minimum atomic E-state index is -0.526. The molecule has 0 aromatic carbocycles. The van der Waals surface area contributed by atoms with Crippen molar-refractivity contribution in [3.8, 4) is 0 Å². The van der Waals surface area contributed by atoms with E-state index in [-0.39, 0.29) is 11.3 Å². The van der Waals surface area contributed by atoms with E-state index in [0.717, 1.165) is 32.4 Å². The van der Waals surface area contributed by atoms with Crippen molar-refractivity contribution < 1.29 is 9.59 Å². The van der Waals surface area contributed by atoms with Crippen molar-refractivity contribution >= 4 is 17.5 Å². The van der Waals surface area contributed by atoms with Gasteiger partial charge in [0.1, 0.15) is 5.69 Å². The van der Waals surface area contributed by atoms with Crippen molar-refractivity contribution in [2.24, 2.45) is 17.1 Å². The van der Waals surface area contributed by atoms with E-state index in [4.69, 9.17) is 5.73 Å². The smallest absolute Gasteiger partial charge is 0.265 e. The molecular weight excluding hydrogens is 256 g/mol. The molecule has 1 aromatic rings. The highest BCUT2D eigenvalue weighted by atomic mass is 16.2. The average Bonchev–Trinajstić information content (AvgIpc) is 3.04. The molecular formula is C14H20N4O2. The van der Waals surface area contributed by atoms with Crippen LogP contribution >= 0.6 is 0 Å². The summed E-state index contributed by atoms with van der Waals surface area (Å²) in [4.78, 5) is 26.5. The molecule has 1 aliphatic heterocycles. The van der Waals surface area contributed by atoms with Crippen LogP contribution in [0.2, 0.25) is 0 Å². The van der Waals surface area contributed by atoms with E-state index < -0.39 is 5.91 Å².